The highest BCUT2D eigenvalue weighted by Crippen LogP contribution is 2.48. The molecule has 1 fully saturated rings. The van der Waals surface area contributed by atoms with Crippen molar-refractivity contribution in [1.29, 1.82) is 0 Å². The molecule has 0 bridgehead atoms. The zero-order valence-electron chi connectivity index (χ0n) is 31.0. The van der Waals surface area contributed by atoms with E-state index in [1.165, 1.54) is 126 Å². The Morgan fingerprint density at radius 1 is 0.833 bits per heavy atom. The monoisotopic (exact) mass is 698 g/mol. The van der Waals surface area contributed by atoms with Crippen LogP contribution in [0, 0.1) is 0 Å². The van der Waals surface area contributed by atoms with Crippen LogP contribution in [0.15, 0.2) is 17.1 Å². The lowest BCUT2D eigenvalue weighted by Crippen LogP contribution is -2.41. The Morgan fingerprint density at radius 3 is 1.75 bits per heavy atom. The number of nitrogens with two attached hydrogens (primary N) is 1. The predicted octanol–water partition coefficient (Wildman–Crippen LogP) is 8.70. The number of aromatic nitrogens is 2. The van der Waals surface area contributed by atoms with Gasteiger partial charge in [0.25, 0.3) is 0 Å². The smallest absolute Gasteiger partial charge is 0.351 e. The second kappa shape index (κ2) is 24.8. The molecule has 280 valence electrons. The van der Waals surface area contributed by atoms with Gasteiger partial charge in [-0.2, -0.15) is 4.98 Å². The van der Waals surface area contributed by atoms with E-state index in [0.29, 0.717) is 6.61 Å². The third-order valence-electron chi connectivity index (χ3n) is 9.21. The van der Waals surface area contributed by atoms with Gasteiger partial charge in [-0.3, -0.25) is 4.57 Å². The van der Waals surface area contributed by atoms with E-state index in [0.717, 1.165) is 19.3 Å². The van der Waals surface area contributed by atoms with Crippen molar-refractivity contribution in [1.82, 2.24) is 9.55 Å². The third-order valence-corrected chi connectivity index (χ3v) is 11.0. The minimum atomic E-state index is -4.24. The standard InChI is InChI=1S/C37H70N3O7P/c1-6-7-8-9-10-11-12-13-14-15-16-17-18-19-20-21-22-23-24-25-28-44-35-34(47-48(42,43)31(4)5)32(29-45-30(2)3)46-36(35)40-27-26-33(38)39-37(40)41/h26-27,30-32,34-36H,6-25,28-29H2,1-5H3,(H,42,43)(H2,38,39,41)/p-1/t32-,34?,35?,36-/m1/s1. The summed E-state index contributed by atoms with van der Waals surface area (Å²) in [5.74, 6) is 0.0902. The number of anilines is 1. The van der Waals surface area contributed by atoms with Crippen LogP contribution in [0.25, 0.3) is 0 Å². The van der Waals surface area contributed by atoms with Gasteiger partial charge in [0.1, 0.15) is 31.7 Å². The first-order chi connectivity index (χ1) is 23.1. The van der Waals surface area contributed by atoms with Crippen LogP contribution in [-0.4, -0.2) is 52.8 Å². The molecule has 2 heterocycles. The van der Waals surface area contributed by atoms with Crippen molar-refractivity contribution in [2.24, 2.45) is 0 Å². The lowest BCUT2D eigenvalue weighted by molar-refractivity contribution is -0.210. The maximum absolute atomic E-state index is 12.9. The quantitative estimate of drug-likeness (QED) is 0.0643. The zero-order chi connectivity index (χ0) is 35.2. The molecule has 2 N–H and O–H groups in total. The Balaban J connectivity index is 1.70. The fraction of sp³-hybridized carbons (Fsp3) is 0.892. The normalized spacial score (nSPS) is 21.0. The summed E-state index contributed by atoms with van der Waals surface area (Å²) in [4.78, 5) is 29.5. The summed E-state index contributed by atoms with van der Waals surface area (Å²) in [6.45, 7) is 9.68. The molecule has 1 aliphatic heterocycles. The van der Waals surface area contributed by atoms with Gasteiger partial charge in [-0.05, 0) is 26.3 Å². The largest absolute Gasteiger partial charge is 0.778 e. The summed E-state index contributed by atoms with van der Waals surface area (Å²) in [7, 11) is -4.24. The Bertz CT molecular complexity index is 1070. The van der Waals surface area contributed by atoms with Crippen molar-refractivity contribution < 1.29 is 28.2 Å². The van der Waals surface area contributed by atoms with Gasteiger partial charge in [0.15, 0.2) is 6.23 Å². The van der Waals surface area contributed by atoms with Crippen LogP contribution in [0.3, 0.4) is 0 Å². The molecule has 0 amide bonds. The zero-order valence-corrected chi connectivity index (χ0v) is 31.8. The van der Waals surface area contributed by atoms with E-state index >= 15 is 0 Å². The summed E-state index contributed by atoms with van der Waals surface area (Å²) in [6.07, 6.45) is 24.0. The molecule has 5 atom stereocenters. The van der Waals surface area contributed by atoms with Crippen molar-refractivity contribution in [3.63, 3.8) is 0 Å². The van der Waals surface area contributed by atoms with Crippen LogP contribution >= 0.6 is 7.60 Å². The maximum atomic E-state index is 12.9. The van der Waals surface area contributed by atoms with E-state index in [4.69, 9.17) is 24.5 Å². The average molecular weight is 699 g/mol. The third kappa shape index (κ3) is 17.1. The number of hydrogen-bond acceptors (Lipinski definition) is 9. The van der Waals surface area contributed by atoms with Gasteiger partial charge in [0, 0.05) is 18.5 Å². The van der Waals surface area contributed by atoms with Gasteiger partial charge in [-0.15, -0.1) is 0 Å². The Kier molecular flexibility index (Phi) is 22.1. The van der Waals surface area contributed by atoms with Gasteiger partial charge in [0.2, 0.25) is 0 Å². The highest BCUT2D eigenvalue weighted by molar-refractivity contribution is 7.52. The first-order valence-corrected chi connectivity index (χ1v) is 20.9. The van der Waals surface area contributed by atoms with Crippen LogP contribution in [0.1, 0.15) is 169 Å². The van der Waals surface area contributed by atoms with Crippen molar-refractivity contribution in [2.75, 3.05) is 18.9 Å². The molecule has 1 aliphatic rings. The van der Waals surface area contributed by atoms with E-state index in [-0.39, 0.29) is 18.5 Å². The van der Waals surface area contributed by atoms with E-state index in [9.17, 15) is 14.3 Å². The van der Waals surface area contributed by atoms with Crippen molar-refractivity contribution in [2.45, 2.75) is 199 Å². The second-order valence-corrected chi connectivity index (χ2v) is 16.6. The van der Waals surface area contributed by atoms with E-state index < -0.39 is 43.5 Å². The molecule has 1 aromatic rings. The summed E-state index contributed by atoms with van der Waals surface area (Å²) in [5.41, 5.74) is 4.38. The predicted molar refractivity (Wildman–Crippen MR) is 193 cm³/mol. The molecule has 0 aromatic carbocycles. The number of ether oxygens (including phenoxy) is 3. The van der Waals surface area contributed by atoms with E-state index in [1.807, 2.05) is 13.8 Å². The molecule has 3 unspecified atom stereocenters. The lowest BCUT2D eigenvalue weighted by atomic mass is 10.0. The van der Waals surface area contributed by atoms with Gasteiger partial charge in [-0.25, -0.2) is 4.79 Å². The van der Waals surface area contributed by atoms with Crippen molar-refractivity contribution in [3.05, 3.63) is 22.7 Å². The molecule has 1 aromatic heterocycles. The highest BCUT2D eigenvalue weighted by atomic mass is 31.2. The van der Waals surface area contributed by atoms with Gasteiger partial charge < -0.3 is 33.9 Å². The van der Waals surface area contributed by atoms with E-state index in [2.05, 4.69) is 11.9 Å². The first kappa shape index (κ1) is 42.9. The van der Waals surface area contributed by atoms with Gasteiger partial charge in [-0.1, -0.05) is 143 Å². The van der Waals surface area contributed by atoms with Crippen LogP contribution < -0.4 is 16.3 Å². The van der Waals surface area contributed by atoms with Crippen LogP contribution in [-0.2, 0) is 23.3 Å². The topological polar surface area (TPSA) is 138 Å². The number of nitrogens with zero attached hydrogens (tertiary/aromatic N) is 2. The molecule has 0 saturated carbocycles. The minimum absolute atomic E-state index is 0.0902. The number of unbranched alkanes of at least 4 members (excludes halogenated alkanes) is 19. The molecular weight excluding hydrogens is 629 g/mol. The fourth-order valence-corrected chi connectivity index (χ4v) is 6.98. The van der Waals surface area contributed by atoms with Gasteiger partial charge in [0.05, 0.1) is 12.7 Å². The summed E-state index contributed by atoms with van der Waals surface area (Å²) < 4.78 is 38.2. The van der Waals surface area contributed by atoms with Crippen molar-refractivity contribution in [3.8, 4) is 0 Å². The molecule has 0 aliphatic carbocycles. The number of hydrogen-bond donors (Lipinski definition) is 1. The highest BCUT2D eigenvalue weighted by Gasteiger charge is 2.49. The molecule has 1 saturated heterocycles. The first-order valence-electron chi connectivity index (χ1n) is 19.3. The summed E-state index contributed by atoms with van der Waals surface area (Å²) in [6, 6.07) is 1.50. The molecule has 11 heteroatoms. The van der Waals surface area contributed by atoms with E-state index in [1.54, 1.807) is 13.8 Å². The summed E-state index contributed by atoms with van der Waals surface area (Å²) >= 11 is 0. The van der Waals surface area contributed by atoms with Crippen molar-refractivity contribution >= 4 is 13.4 Å². The molecule has 0 radical (unpaired) electrons. The average Bonchev–Trinajstić information content (AvgIpc) is 3.36. The number of rotatable bonds is 29. The number of nitrogen functional groups attached to an aromatic ring is 1. The Hall–Kier alpha value is -1.29. The Labute approximate surface area is 291 Å². The second-order valence-electron chi connectivity index (χ2n) is 14.2. The fourth-order valence-electron chi connectivity index (χ4n) is 6.15. The maximum Gasteiger partial charge on any atom is 0.351 e. The molecule has 48 heavy (non-hydrogen) atoms. The molecular formula is C37H69N3O7P-. The van der Waals surface area contributed by atoms with Crippen LogP contribution in [0.5, 0.6) is 0 Å². The van der Waals surface area contributed by atoms with Crippen LogP contribution in [0.2, 0.25) is 0 Å². The summed E-state index contributed by atoms with van der Waals surface area (Å²) in [5, 5.41) is 0. The minimum Gasteiger partial charge on any atom is -0.778 e. The molecule has 2 rings (SSSR count). The van der Waals surface area contributed by atoms with Gasteiger partial charge >= 0.3 is 5.69 Å². The molecule has 10 nitrogen and oxygen atoms in total. The Morgan fingerprint density at radius 2 is 1.31 bits per heavy atom. The van der Waals surface area contributed by atoms with Crippen LogP contribution in [0.4, 0.5) is 5.82 Å². The SMILES string of the molecule is CCCCCCCCCCCCCCCCCCCCCCOC1C(OP(=O)([O-])C(C)C)[C@@H](COC(C)C)O[C@H]1n1ccc(N)nc1=O. The lowest BCUT2D eigenvalue weighted by Gasteiger charge is -2.34. The molecule has 0 spiro atoms.